The maximum atomic E-state index is 12.5. The van der Waals surface area contributed by atoms with E-state index in [2.05, 4.69) is 44.4 Å². The highest BCUT2D eigenvalue weighted by Gasteiger charge is 2.84. The molecule has 7 heteroatoms. The minimum absolute atomic E-state index is 0.0200. The first-order valence-electron chi connectivity index (χ1n) is 19.9. The lowest BCUT2D eigenvalue weighted by molar-refractivity contribution is -0.249. The van der Waals surface area contributed by atoms with Crippen molar-refractivity contribution in [3.05, 3.63) is 0 Å². The molecule has 0 aromatic rings. The van der Waals surface area contributed by atoms with E-state index in [0.29, 0.717) is 40.9 Å². The molecule has 0 bridgehead atoms. The fourth-order valence-electron chi connectivity index (χ4n) is 14.7. The van der Waals surface area contributed by atoms with Gasteiger partial charge in [0.2, 0.25) is 0 Å². The zero-order chi connectivity index (χ0) is 33.2. The molecule has 5 saturated carbocycles. The number of ether oxygens (including phenoxy) is 3. The van der Waals surface area contributed by atoms with E-state index in [1.165, 1.54) is 71.0 Å². The van der Waals surface area contributed by atoms with Crippen molar-refractivity contribution < 1.29 is 24.4 Å². The largest absolute Gasteiger partial charge is 0.390 e. The van der Waals surface area contributed by atoms with Gasteiger partial charge < -0.3 is 29.3 Å². The molecule has 268 valence electrons. The van der Waals surface area contributed by atoms with E-state index in [0.717, 1.165) is 39.1 Å². The Kier molecular flexibility index (Phi) is 8.18. The van der Waals surface area contributed by atoms with Crippen LogP contribution in [0.3, 0.4) is 0 Å². The lowest BCUT2D eigenvalue weighted by Crippen LogP contribution is -2.60. The molecule has 3 heterocycles. The molecule has 13 unspecified atom stereocenters. The van der Waals surface area contributed by atoms with Crippen LogP contribution in [0.5, 0.6) is 0 Å². The van der Waals surface area contributed by atoms with E-state index in [1.807, 2.05) is 13.8 Å². The molecule has 0 radical (unpaired) electrons. The van der Waals surface area contributed by atoms with Gasteiger partial charge in [-0.1, -0.05) is 34.6 Å². The Morgan fingerprint density at radius 1 is 0.894 bits per heavy atom. The second-order valence-corrected chi connectivity index (χ2v) is 19.9. The van der Waals surface area contributed by atoms with E-state index in [-0.39, 0.29) is 40.8 Å². The number of rotatable bonds is 7. The summed E-state index contributed by atoms with van der Waals surface area (Å²) in [5, 5.41) is 23.1. The third-order valence-corrected chi connectivity index (χ3v) is 16.9. The second kappa shape index (κ2) is 11.4. The predicted octanol–water partition coefficient (Wildman–Crippen LogP) is 6.10. The molecule has 2 spiro atoms. The molecule has 7 nitrogen and oxygen atoms in total. The van der Waals surface area contributed by atoms with Crippen molar-refractivity contribution in [2.24, 2.45) is 50.7 Å². The van der Waals surface area contributed by atoms with Crippen molar-refractivity contribution in [1.82, 2.24) is 9.80 Å². The van der Waals surface area contributed by atoms with Crippen LogP contribution in [-0.4, -0.2) is 102 Å². The van der Waals surface area contributed by atoms with Crippen LogP contribution in [0, 0.1) is 50.7 Å². The molecule has 0 amide bonds. The first kappa shape index (κ1) is 33.8. The van der Waals surface area contributed by atoms with E-state index in [9.17, 15) is 10.2 Å². The molecule has 0 aromatic heterocycles. The van der Waals surface area contributed by atoms with Gasteiger partial charge in [-0.3, -0.25) is 4.90 Å². The fraction of sp³-hybridized carbons (Fsp3) is 1.00. The summed E-state index contributed by atoms with van der Waals surface area (Å²) in [5.41, 5.74) is 0.0398. The number of nitrogens with zero attached hydrogens (tertiary/aromatic N) is 2. The van der Waals surface area contributed by atoms with Crippen molar-refractivity contribution >= 4 is 0 Å². The van der Waals surface area contributed by atoms with Crippen molar-refractivity contribution in [1.29, 1.82) is 0 Å². The van der Waals surface area contributed by atoms with Crippen molar-refractivity contribution in [2.45, 2.75) is 155 Å². The van der Waals surface area contributed by atoms with Crippen LogP contribution in [0.2, 0.25) is 0 Å². The lowest BCUT2D eigenvalue weighted by atomic mass is 9.41. The number of morpholine rings is 1. The van der Waals surface area contributed by atoms with Gasteiger partial charge in [0.1, 0.15) is 0 Å². The van der Waals surface area contributed by atoms with Crippen molar-refractivity contribution in [3.63, 3.8) is 0 Å². The quantitative estimate of drug-likeness (QED) is 0.343. The second-order valence-electron chi connectivity index (χ2n) is 19.9. The van der Waals surface area contributed by atoms with Crippen LogP contribution < -0.4 is 0 Å². The van der Waals surface area contributed by atoms with Crippen molar-refractivity contribution in [3.8, 4) is 0 Å². The Bertz CT molecular complexity index is 1180. The molecule has 8 rings (SSSR count). The molecule has 0 aromatic carbocycles. The maximum absolute atomic E-state index is 12.5. The van der Waals surface area contributed by atoms with Gasteiger partial charge >= 0.3 is 0 Å². The summed E-state index contributed by atoms with van der Waals surface area (Å²) in [5.74, 6) is 2.09. The number of hydrogen-bond acceptors (Lipinski definition) is 7. The van der Waals surface area contributed by atoms with Crippen LogP contribution >= 0.6 is 0 Å². The highest BCUT2D eigenvalue weighted by Crippen LogP contribution is 2.89. The first-order valence-corrected chi connectivity index (χ1v) is 19.9. The third-order valence-electron chi connectivity index (χ3n) is 16.9. The van der Waals surface area contributed by atoms with Crippen LogP contribution in [0.4, 0.5) is 0 Å². The van der Waals surface area contributed by atoms with E-state index in [4.69, 9.17) is 14.2 Å². The Morgan fingerprint density at radius 2 is 1.60 bits per heavy atom. The predicted molar refractivity (Wildman–Crippen MR) is 184 cm³/mol. The Balaban J connectivity index is 0.976. The van der Waals surface area contributed by atoms with Gasteiger partial charge in [0.25, 0.3) is 0 Å². The standard InChI is InChI=1S/C40H68N2O5/c1-26-22-27(23-35(2,3)44)46-33-32(26)37(6)14-15-40-25-39(40)13-12-30(36(4,5)28(39)10-11-29(40)38(37,7)34(33)43)47-31-24-42(20-21-45-31)19-18-41-16-8-9-17-41/h26-34,43-44H,8-25H2,1-7H3. The molecule has 5 aliphatic carbocycles. The van der Waals surface area contributed by atoms with Gasteiger partial charge in [-0.25, -0.2) is 0 Å². The van der Waals surface area contributed by atoms with E-state index < -0.39 is 11.7 Å². The number of likely N-dealkylation sites (tertiary alicyclic amines) is 1. The summed E-state index contributed by atoms with van der Waals surface area (Å²) in [7, 11) is 0. The van der Waals surface area contributed by atoms with E-state index >= 15 is 0 Å². The molecule has 8 aliphatic rings. The van der Waals surface area contributed by atoms with Gasteiger partial charge in [0.15, 0.2) is 6.29 Å². The van der Waals surface area contributed by atoms with Crippen LogP contribution in [0.1, 0.15) is 119 Å². The number of fused-ring (bicyclic) bond motifs is 4. The van der Waals surface area contributed by atoms with Gasteiger partial charge in [0, 0.05) is 38.0 Å². The summed E-state index contributed by atoms with van der Waals surface area (Å²) in [6, 6.07) is 0. The molecule has 13 atom stereocenters. The molecule has 3 aliphatic heterocycles. The number of hydrogen-bond donors (Lipinski definition) is 2. The van der Waals surface area contributed by atoms with Crippen LogP contribution in [0.15, 0.2) is 0 Å². The Labute approximate surface area is 285 Å². The summed E-state index contributed by atoms with van der Waals surface area (Å²) in [4.78, 5) is 5.19. The summed E-state index contributed by atoms with van der Waals surface area (Å²) in [6.07, 6.45) is 12.7. The topological polar surface area (TPSA) is 74.6 Å². The summed E-state index contributed by atoms with van der Waals surface area (Å²) in [6.45, 7) is 23.8. The molecule has 2 N–H and O–H groups in total. The van der Waals surface area contributed by atoms with Crippen LogP contribution in [-0.2, 0) is 14.2 Å². The Hall–Kier alpha value is -0.280. The minimum atomic E-state index is -0.755. The zero-order valence-corrected chi connectivity index (χ0v) is 30.9. The highest BCUT2D eigenvalue weighted by molar-refractivity contribution is 5.32. The molecule has 47 heavy (non-hydrogen) atoms. The monoisotopic (exact) mass is 657 g/mol. The Morgan fingerprint density at radius 3 is 2.34 bits per heavy atom. The van der Waals surface area contributed by atoms with Gasteiger partial charge in [-0.05, 0) is 136 Å². The van der Waals surface area contributed by atoms with Gasteiger partial charge in [0.05, 0.1) is 36.6 Å². The lowest BCUT2D eigenvalue weighted by Gasteiger charge is -2.64. The molecule has 3 saturated heterocycles. The summed E-state index contributed by atoms with van der Waals surface area (Å²) >= 11 is 0. The maximum Gasteiger partial charge on any atom is 0.170 e. The van der Waals surface area contributed by atoms with Crippen LogP contribution in [0.25, 0.3) is 0 Å². The molecule has 8 fully saturated rings. The first-order chi connectivity index (χ1) is 22.1. The average Bonchev–Trinajstić information content (AvgIpc) is 3.27. The molecular formula is C40H68N2O5. The number of aliphatic hydroxyl groups is 2. The minimum Gasteiger partial charge on any atom is -0.390 e. The van der Waals surface area contributed by atoms with Crippen molar-refractivity contribution in [2.75, 3.05) is 45.9 Å². The third kappa shape index (κ3) is 4.96. The number of aliphatic hydroxyl groups excluding tert-OH is 1. The average molecular weight is 657 g/mol. The highest BCUT2D eigenvalue weighted by atomic mass is 16.7. The van der Waals surface area contributed by atoms with Gasteiger partial charge in [-0.2, -0.15) is 0 Å². The zero-order valence-electron chi connectivity index (χ0n) is 30.9. The smallest absolute Gasteiger partial charge is 0.170 e. The van der Waals surface area contributed by atoms with Gasteiger partial charge in [-0.15, -0.1) is 0 Å². The van der Waals surface area contributed by atoms with E-state index in [1.54, 1.807) is 0 Å². The SMILES string of the molecule is CC1CC(CC(C)(C)O)OC2C1C1(C)CCC34CC35CCC(OC3CN(CCN6CCCC6)CCO3)C(C)(C)C5CCC4C1(C)C2O. The fourth-order valence-corrected chi connectivity index (χ4v) is 14.7. The molecular weight excluding hydrogens is 588 g/mol. The normalized spacial score (nSPS) is 52.7. The summed E-state index contributed by atoms with van der Waals surface area (Å²) < 4.78 is 20.1.